The zero-order chi connectivity index (χ0) is 15.6. The van der Waals surface area contributed by atoms with Crippen molar-refractivity contribution >= 4 is 0 Å². The second-order valence-electron chi connectivity index (χ2n) is 4.39. The summed E-state index contributed by atoms with van der Waals surface area (Å²) < 4.78 is 66.9. The van der Waals surface area contributed by atoms with Gasteiger partial charge in [0.1, 0.15) is 0 Å². The largest absolute Gasteiger partial charge is 0.271 e. The summed E-state index contributed by atoms with van der Waals surface area (Å²) in [6, 6.07) is 7.14. The summed E-state index contributed by atoms with van der Waals surface area (Å²) in [5, 5.41) is 0. The molecule has 112 valence electrons. The Morgan fingerprint density at radius 2 is 1.29 bits per heavy atom. The lowest BCUT2D eigenvalue weighted by molar-refractivity contribution is 0.356. The molecule has 0 aliphatic rings. The second-order valence-corrected chi connectivity index (χ2v) is 4.39. The summed E-state index contributed by atoms with van der Waals surface area (Å²) in [5.41, 5.74) is 1.74. The lowest BCUT2D eigenvalue weighted by Gasteiger charge is -2.18. The molecule has 2 rings (SSSR count). The van der Waals surface area contributed by atoms with Gasteiger partial charge in [-0.2, -0.15) is 0 Å². The van der Waals surface area contributed by atoms with E-state index in [0.717, 1.165) is 0 Å². The molecule has 0 aliphatic heterocycles. The van der Waals surface area contributed by atoms with Gasteiger partial charge in [-0.3, -0.25) is 11.3 Å². The van der Waals surface area contributed by atoms with E-state index in [1.54, 1.807) is 30.3 Å². The molecule has 2 nitrogen and oxygen atoms in total. The van der Waals surface area contributed by atoms with E-state index in [1.807, 2.05) is 0 Å². The van der Waals surface area contributed by atoms with E-state index in [2.05, 4.69) is 5.43 Å². The van der Waals surface area contributed by atoms with Gasteiger partial charge in [0.25, 0.3) is 0 Å². The Kier molecular flexibility index (Phi) is 4.54. The van der Waals surface area contributed by atoms with E-state index in [0.29, 0.717) is 5.56 Å². The van der Waals surface area contributed by atoms with Gasteiger partial charge in [0.2, 0.25) is 5.82 Å². The Hall–Kier alpha value is -1.99. The first-order chi connectivity index (χ1) is 9.97. The maximum absolute atomic E-state index is 13.7. The molecule has 1 unspecified atom stereocenters. The molecule has 0 spiro atoms. The molecule has 0 amide bonds. The highest BCUT2D eigenvalue weighted by atomic mass is 19.2. The van der Waals surface area contributed by atoms with Crippen LogP contribution in [-0.4, -0.2) is 0 Å². The molecule has 0 radical (unpaired) electrons. The fourth-order valence-corrected chi connectivity index (χ4v) is 2.02. The summed E-state index contributed by atoms with van der Waals surface area (Å²) >= 11 is 0. The number of nitrogens with two attached hydrogens (primary N) is 1. The van der Waals surface area contributed by atoms with Crippen LogP contribution in [0, 0.1) is 29.1 Å². The minimum Gasteiger partial charge on any atom is -0.271 e. The van der Waals surface area contributed by atoms with Crippen LogP contribution in [0.1, 0.15) is 17.2 Å². The zero-order valence-corrected chi connectivity index (χ0v) is 10.6. The van der Waals surface area contributed by atoms with Crippen molar-refractivity contribution in [3.63, 3.8) is 0 Å². The fraction of sp³-hybridized carbons (Fsp3) is 0.143. The van der Waals surface area contributed by atoms with Gasteiger partial charge in [-0.25, -0.2) is 22.0 Å². The molecule has 21 heavy (non-hydrogen) atoms. The summed E-state index contributed by atoms with van der Waals surface area (Å²) in [4.78, 5) is 0. The minimum absolute atomic E-state index is 0.0321. The molecule has 0 saturated carbocycles. The Labute approximate surface area is 117 Å². The third-order valence-electron chi connectivity index (χ3n) is 3.08. The first kappa shape index (κ1) is 15.4. The van der Waals surface area contributed by atoms with Crippen LogP contribution in [0.2, 0.25) is 0 Å². The van der Waals surface area contributed by atoms with Crippen molar-refractivity contribution < 1.29 is 22.0 Å². The van der Waals surface area contributed by atoms with E-state index >= 15 is 0 Å². The predicted molar refractivity (Wildman–Crippen MR) is 66.4 cm³/mol. The SMILES string of the molecule is NNC(Cc1ccccc1)c1c(F)c(F)c(F)c(F)c1F. The number of halogens is 5. The molecular weight excluding hydrogens is 291 g/mol. The predicted octanol–water partition coefficient (Wildman–Crippen LogP) is 3.13. The molecule has 2 aromatic rings. The lowest BCUT2D eigenvalue weighted by Crippen LogP contribution is -2.32. The van der Waals surface area contributed by atoms with Crippen molar-refractivity contribution in [2.75, 3.05) is 0 Å². The van der Waals surface area contributed by atoms with Gasteiger partial charge in [0, 0.05) is 5.56 Å². The van der Waals surface area contributed by atoms with E-state index in [-0.39, 0.29) is 6.42 Å². The highest BCUT2D eigenvalue weighted by Crippen LogP contribution is 2.29. The van der Waals surface area contributed by atoms with Crippen molar-refractivity contribution in [2.45, 2.75) is 12.5 Å². The summed E-state index contributed by atoms with van der Waals surface area (Å²) in [6.07, 6.45) is -0.0321. The van der Waals surface area contributed by atoms with Crippen LogP contribution in [-0.2, 0) is 6.42 Å². The standard InChI is InChI=1S/C14H11F5N2/c15-10-9(11(16)13(18)14(19)12(10)17)8(21-20)6-7-4-2-1-3-5-7/h1-5,8,21H,6,20H2. The summed E-state index contributed by atoms with van der Waals surface area (Å²) in [6.45, 7) is 0. The van der Waals surface area contributed by atoms with Crippen molar-refractivity contribution in [1.29, 1.82) is 0 Å². The lowest BCUT2D eigenvalue weighted by atomic mass is 9.98. The Morgan fingerprint density at radius 3 is 1.76 bits per heavy atom. The smallest absolute Gasteiger partial charge is 0.200 e. The van der Waals surface area contributed by atoms with Gasteiger partial charge in [-0.15, -0.1) is 0 Å². The molecule has 3 N–H and O–H groups in total. The van der Waals surface area contributed by atoms with Crippen molar-refractivity contribution in [3.05, 3.63) is 70.5 Å². The average Bonchev–Trinajstić information content (AvgIpc) is 2.51. The molecule has 0 fully saturated rings. The summed E-state index contributed by atoms with van der Waals surface area (Å²) in [7, 11) is 0. The van der Waals surface area contributed by atoms with Crippen LogP contribution in [0.25, 0.3) is 0 Å². The van der Waals surface area contributed by atoms with Crippen LogP contribution >= 0.6 is 0 Å². The third kappa shape index (κ3) is 2.88. The number of hydrogen-bond acceptors (Lipinski definition) is 2. The average molecular weight is 302 g/mol. The number of hydrogen-bond donors (Lipinski definition) is 2. The van der Waals surface area contributed by atoms with Gasteiger partial charge >= 0.3 is 0 Å². The molecular formula is C14H11F5N2. The van der Waals surface area contributed by atoms with E-state index in [9.17, 15) is 22.0 Å². The highest BCUT2D eigenvalue weighted by molar-refractivity contribution is 5.29. The molecule has 0 heterocycles. The van der Waals surface area contributed by atoms with E-state index in [1.165, 1.54) is 0 Å². The third-order valence-corrected chi connectivity index (χ3v) is 3.08. The minimum atomic E-state index is -2.19. The monoisotopic (exact) mass is 302 g/mol. The molecule has 0 aliphatic carbocycles. The second kappa shape index (κ2) is 6.19. The number of rotatable bonds is 4. The first-order valence-electron chi connectivity index (χ1n) is 5.98. The number of hydrazine groups is 1. The molecule has 1 atom stereocenters. The zero-order valence-electron chi connectivity index (χ0n) is 10.6. The van der Waals surface area contributed by atoms with Crippen LogP contribution in [0.15, 0.2) is 30.3 Å². The van der Waals surface area contributed by atoms with Crippen molar-refractivity contribution in [1.82, 2.24) is 5.43 Å². The Balaban J connectivity index is 2.48. The van der Waals surface area contributed by atoms with Crippen LogP contribution < -0.4 is 11.3 Å². The molecule has 7 heteroatoms. The van der Waals surface area contributed by atoms with E-state index < -0.39 is 40.7 Å². The van der Waals surface area contributed by atoms with Crippen molar-refractivity contribution in [3.8, 4) is 0 Å². The van der Waals surface area contributed by atoms with Gasteiger partial charge in [-0.05, 0) is 12.0 Å². The topological polar surface area (TPSA) is 38.0 Å². The van der Waals surface area contributed by atoms with Gasteiger partial charge in [0.05, 0.1) is 6.04 Å². The molecule has 2 aromatic carbocycles. The van der Waals surface area contributed by atoms with Gasteiger partial charge in [0.15, 0.2) is 23.3 Å². The quantitative estimate of drug-likeness (QED) is 0.299. The van der Waals surface area contributed by atoms with E-state index in [4.69, 9.17) is 5.84 Å². The first-order valence-corrected chi connectivity index (χ1v) is 5.98. The Bertz CT molecular complexity index is 617. The van der Waals surface area contributed by atoms with Crippen LogP contribution in [0.5, 0.6) is 0 Å². The van der Waals surface area contributed by atoms with Crippen molar-refractivity contribution in [2.24, 2.45) is 5.84 Å². The molecule has 0 bridgehead atoms. The highest BCUT2D eigenvalue weighted by Gasteiger charge is 2.30. The maximum Gasteiger partial charge on any atom is 0.200 e. The number of nitrogens with one attached hydrogen (secondary N) is 1. The number of benzene rings is 2. The Morgan fingerprint density at radius 1 is 0.810 bits per heavy atom. The molecule has 0 aromatic heterocycles. The normalized spacial score (nSPS) is 12.5. The fourth-order valence-electron chi connectivity index (χ4n) is 2.02. The summed E-state index contributed by atoms with van der Waals surface area (Å²) in [5.74, 6) is -4.73. The van der Waals surface area contributed by atoms with Crippen LogP contribution in [0.3, 0.4) is 0 Å². The van der Waals surface area contributed by atoms with Gasteiger partial charge < -0.3 is 0 Å². The molecule has 0 saturated heterocycles. The maximum atomic E-state index is 13.7. The van der Waals surface area contributed by atoms with Crippen LogP contribution in [0.4, 0.5) is 22.0 Å². The van der Waals surface area contributed by atoms with Gasteiger partial charge in [-0.1, -0.05) is 30.3 Å².